The second-order valence-corrected chi connectivity index (χ2v) is 9.01. The van der Waals surface area contributed by atoms with Crippen LogP contribution in [0.3, 0.4) is 0 Å². The number of terminal acetylenes is 1. The number of hydrogen-bond donors (Lipinski definition) is 3. The van der Waals surface area contributed by atoms with Crippen LogP contribution in [0.5, 0.6) is 0 Å². The zero-order chi connectivity index (χ0) is 27.5. The zero-order valence-corrected chi connectivity index (χ0v) is 21.8. The smallest absolute Gasteiger partial charge is 0.403 e. The molecule has 12 heteroatoms. The quantitative estimate of drug-likeness (QED) is 0.466. The van der Waals surface area contributed by atoms with Crippen molar-refractivity contribution >= 4 is 17.5 Å². The minimum atomic E-state index is -4.40. The van der Waals surface area contributed by atoms with Crippen molar-refractivity contribution in [1.29, 1.82) is 0 Å². The summed E-state index contributed by atoms with van der Waals surface area (Å²) in [5.74, 6) is 3.89. The predicted octanol–water partition coefficient (Wildman–Crippen LogP) is 3.92. The number of dihydropyridines is 1. The summed E-state index contributed by atoms with van der Waals surface area (Å²) in [6.07, 6.45) is 7.73. The van der Waals surface area contributed by atoms with E-state index in [9.17, 15) is 18.3 Å². The summed E-state index contributed by atoms with van der Waals surface area (Å²) in [5, 5.41) is 14.6. The monoisotopic (exact) mass is 536 g/mol. The van der Waals surface area contributed by atoms with Gasteiger partial charge in [-0.3, -0.25) is 0 Å². The van der Waals surface area contributed by atoms with Crippen LogP contribution in [0.25, 0.3) is 0 Å². The van der Waals surface area contributed by atoms with E-state index in [2.05, 4.69) is 31.2 Å². The van der Waals surface area contributed by atoms with Gasteiger partial charge in [0.15, 0.2) is 5.60 Å². The molecular weight excluding hydrogens is 509 g/mol. The zero-order valence-electron chi connectivity index (χ0n) is 21.0. The highest BCUT2D eigenvalue weighted by Crippen LogP contribution is 2.36. The second kappa shape index (κ2) is 11.0. The Labute approximate surface area is 218 Å². The van der Waals surface area contributed by atoms with Gasteiger partial charge in [-0.05, 0) is 32.9 Å². The first-order valence-electron chi connectivity index (χ1n) is 11.2. The van der Waals surface area contributed by atoms with Gasteiger partial charge < -0.3 is 24.7 Å². The molecule has 3 rings (SSSR count). The van der Waals surface area contributed by atoms with E-state index in [0.29, 0.717) is 34.3 Å². The Morgan fingerprint density at radius 1 is 1.38 bits per heavy atom. The first-order valence-corrected chi connectivity index (χ1v) is 11.6. The number of aryl methyl sites for hydroxylation is 2. The lowest BCUT2D eigenvalue weighted by atomic mass is 9.87. The molecule has 1 aliphatic heterocycles. The summed E-state index contributed by atoms with van der Waals surface area (Å²) < 4.78 is 45.7. The number of imidazole rings is 2. The number of alkyl halides is 3. The molecule has 0 amide bonds. The standard InChI is InChI=1S/C25H28ClF3N6O2/c1-7-17(24(36,21-12-31-15(3)33-21)22-13-32-16(4)35(22)5)8-9-18-10-20(26)19(23(34-18)37-6)11-30-14(2)25(27,28)29/h1,8-9,12-14,30,36H,10-11H2,2-6H3,(H,31,33)/b17-8+,18-9+/t14-,24?/m0/s1. The lowest BCUT2D eigenvalue weighted by molar-refractivity contribution is -0.150. The number of H-pyrrole nitrogens is 1. The van der Waals surface area contributed by atoms with Crippen molar-refractivity contribution < 1.29 is 23.0 Å². The van der Waals surface area contributed by atoms with E-state index in [0.717, 1.165) is 6.92 Å². The van der Waals surface area contributed by atoms with Gasteiger partial charge in [0.05, 0.1) is 30.9 Å². The molecule has 0 bridgehead atoms. The Morgan fingerprint density at radius 2 is 2.08 bits per heavy atom. The Hall–Kier alpha value is -3.33. The third-order valence-electron chi connectivity index (χ3n) is 6.11. The molecule has 0 spiro atoms. The number of aliphatic imine (C=N–C) groups is 1. The van der Waals surface area contributed by atoms with Crippen LogP contribution in [0.4, 0.5) is 13.2 Å². The first kappa shape index (κ1) is 28.2. The van der Waals surface area contributed by atoms with E-state index in [1.807, 2.05) is 0 Å². The number of methoxy groups -OCH3 is 1. The minimum absolute atomic E-state index is 0.0849. The summed E-state index contributed by atoms with van der Waals surface area (Å²) in [6, 6.07) is -1.74. The maximum Gasteiger partial charge on any atom is 0.403 e. The van der Waals surface area contributed by atoms with Gasteiger partial charge >= 0.3 is 6.18 Å². The first-order chi connectivity index (χ1) is 17.3. The molecule has 0 saturated heterocycles. The van der Waals surface area contributed by atoms with Crippen molar-refractivity contribution in [2.24, 2.45) is 12.0 Å². The van der Waals surface area contributed by atoms with Crippen LogP contribution in [0.15, 0.2) is 51.4 Å². The fourth-order valence-corrected chi connectivity index (χ4v) is 4.03. The third-order valence-corrected chi connectivity index (χ3v) is 6.47. The topological polar surface area (TPSA) is 100 Å². The average Bonchev–Trinajstić information content (AvgIpc) is 3.43. The largest absolute Gasteiger partial charge is 0.481 e. The van der Waals surface area contributed by atoms with E-state index in [1.165, 1.54) is 25.6 Å². The highest BCUT2D eigenvalue weighted by molar-refractivity contribution is 6.32. The molecule has 0 aliphatic carbocycles. The van der Waals surface area contributed by atoms with Crippen LogP contribution in [-0.2, 0) is 17.4 Å². The van der Waals surface area contributed by atoms with Gasteiger partial charge in [0.2, 0.25) is 5.90 Å². The van der Waals surface area contributed by atoms with Crippen molar-refractivity contribution in [3.8, 4) is 12.3 Å². The lowest BCUT2D eigenvalue weighted by Crippen LogP contribution is -2.41. The lowest BCUT2D eigenvalue weighted by Gasteiger charge is -2.28. The summed E-state index contributed by atoms with van der Waals surface area (Å²) in [6.45, 7) is 4.38. The normalized spacial score (nSPS) is 18.5. The van der Waals surface area contributed by atoms with E-state index < -0.39 is 17.8 Å². The number of rotatable bonds is 7. The highest BCUT2D eigenvalue weighted by atomic mass is 35.5. The third kappa shape index (κ3) is 5.82. The van der Waals surface area contributed by atoms with Crippen molar-refractivity contribution in [2.75, 3.05) is 13.7 Å². The molecule has 1 aliphatic rings. The van der Waals surface area contributed by atoms with Crippen LogP contribution >= 0.6 is 11.6 Å². The second-order valence-electron chi connectivity index (χ2n) is 8.55. The van der Waals surface area contributed by atoms with Crippen LogP contribution < -0.4 is 5.32 Å². The van der Waals surface area contributed by atoms with Gasteiger partial charge in [-0.15, -0.1) is 6.42 Å². The molecule has 0 fully saturated rings. The SMILES string of the molecule is C#C/C(=C\C=C1/CC(Cl)=C(CN[C@@H](C)C(F)(F)F)C(OC)=N1)C(O)(c1cnc(C)[nH]1)c1cnc(C)n1C. The van der Waals surface area contributed by atoms with Gasteiger partial charge in [0.25, 0.3) is 0 Å². The molecule has 198 valence electrons. The van der Waals surface area contributed by atoms with E-state index in [1.54, 1.807) is 31.5 Å². The molecular formula is C25H28ClF3N6O2. The van der Waals surface area contributed by atoms with Crippen molar-refractivity contribution in [1.82, 2.24) is 24.8 Å². The molecule has 0 saturated carbocycles. The average molecular weight is 537 g/mol. The molecule has 2 aromatic heterocycles. The Morgan fingerprint density at radius 3 is 2.59 bits per heavy atom. The Balaban J connectivity index is 1.99. The summed E-state index contributed by atoms with van der Waals surface area (Å²) in [7, 11) is 3.11. The highest BCUT2D eigenvalue weighted by Gasteiger charge is 2.40. The van der Waals surface area contributed by atoms with E-state index in [4.69, 9.17) is 22.8 Å². The van der Waals surface area contributed by atoms with E-state index >= 15 is 0 Å². The number of ether oxygens (including phenoxy) is 1. The molecule has 2 aromatic rings. The van der Waals surface area contributed by atoms with Crippen molar-refractivity contribution in [2.45, 2.75) is 45.0 Å². The molecule has 0 radical (unpaired) electrons. The fraction of sp³-hybridized carbons (Fsp3) is 0.400. The maximum atomic E-state index is 12.9. The molecule has 1 unspecified atom stereocenters. The maximum absolute atomic E-state index is 12.9. The molecule has 8 nitrogen and oxygen atoms in total. The number of aromatic nitrogens is 4. The number of hydrogen-bond acceptors (Lipinski definition) is 6. The van der Waals surface area contributed by atoms with Crippen LogP contribution in [0, 0.1) is 26.2 Å². The Kier molecular flexibility index (Phi) is 8.37. The number of aliphatic hydroxyl groups is 1. The summed E-state index contributed by atoms with van der Waals surface area (Å²) in [4.78, 5) is 15.9. The van der Waals surface area contributed by atoms with Crippen LogP contribution in [0.1, 0.15) is 36.4 Å². The van der Waals surface area contributed by atoms with Crippen LogP contribution in [0.2, 0.25) is 0 Å². The number of nitrogens with zero attached hydrogens (tertiary/aromatic N) is 4. The van der Waals surface area contributed by atoms with Gasteiger partial charge in [0, 0.05) is 41.9 Å². The van der Waals surface area contributed by atoms with Crippen LogP contribution in [-0.4, -0.2) is 56.4 Å². The molecule has 3 N–H and O–H groups in total. The molecule has 37 heavy (non-hydrogen) atoms. The summed E-state index contributed by atoms with van der Waals surface area (Å²) in [5.41, 5.74) is -0.0719. The summed E-state index contributed by atoms with van der Waals surface area (Å²) >= 11 is 6.43. The Bertz CT molecular complexity index is 1330. The van der Waals surface area contributed by atoms with Gasteiger partial charge in [-0.25, -0.2) is 15.0 Å². The molecule has 0 aromatic carbocycles. The van der Waals surface area contributed by atoms with Crippen molar-refractivity contribution in [3.63, 3.8) is 0 Å². The number of aromatic amines is 1. The predicted molar refractivity (Wildman–Crippen MR) is 135 cm³/mol. The molecule has 2 atom stereocenters. The fourth-order valence-electron chi connectivity index (χ4n) is 3.74. The minimum Gasteiger partial charge on any atom is -0.481 e. The van der Waals surface area contributed by atoms with Gasteiger partial charge in [-0.2, -0.15) is 13.2 Å². The number of allylic oxidation sites excluding steroid dienone is 3. The number of nitrogens with one attached hydrogen (secondary N) is 2. The van der Waals surface area contributed by atoms with Crippen molar-refractivity contribution in [3.05, 3.63) is 69.5 Å². The van der Waals surface area contributed by atoms with Gasteiger partial charge in [-0.1, -0.05) is 17.5 Å². The van der Waals surface area contributed by atoms with E-state index in [-0.39, 0.29) is 29.5 Å². The van der Waals surface area contributed by atoms with Gasteiger partial charge in [0.1, 0.15) is 17.7 Å². The molecule has 3 heterocycles. The number of halogens is 4.